The van der Waals surface area contributed by atoms with Crippen LogP contribution in [0.5, 0.6) is 0 Å². The monoisotopic (exact) mass is 546 g/mol. The molecular weight excluding hydrogens is 488 g/mol. The molecule has 0 unspecified atom stereocenters. The Morgan fingerprint density at radius 1 is 0.447 bits per heavy atom. The molecule has 0 aliphatic carbocycles. The minimum Gasteiger partial charge on any atom is -0.460 e. The van der Waals surface area contributed by atoms with Crippen LogP contribution >= 0.6 is 0 Å². The third-order valence-electron chi connectivity index (χ3n) is 5.89. The maximum atomic E-state index is 10.8. The highest BCUT2D eigenvalue weighted by Gasteiger charge is 1.97. The molecule has 0 N–H and O–H groups in total. The lowest BCUT2D eigenvalue weighted by molar-refractivity contribution is -0.139. The van der Waals surface area contributed by atoms with E-state index in [0.717, 1.165) is 19.1 Å². The fourth-order valence-electron chi connectivity index (χ4n) is 3.68. The molecule has 0 aliphatic rings. The van der Waals surface area contributed by atoms with Crippen molar-refractivity contribution in [3.8, 4) is 0 Å². The lowest BCUT2D eigenvalue weighted by Gasteiger charge is -2.08. The number of esters is 1. The first-order chi connectivity index (χ1) is 18.8. The Kier molecular flexibility index (Phi) is 33.1. The van der Waals surface area contributed by atoms with Crippen LogP contribution in [0, 0.1) is 0 Å². The molecule has 0 amide bonds. The van der Waals surface area contributed by atoms with Crippen molar-refractivity contribution >= 4 is 5.97 Å². The Bertz CT molecular complexity index is 475. The Labute approximate surface area is 233 Å². The topological polar surface area (TPSA) is 81.7 Å². The Morgan fingerprint density at radius 2 is 0.737 bits per heavy atom. The predicted molar refractivity (Wildman–Crippen MR) is 152 cm³/mol. The number of hydrogen-bond acceptors (Lipinski definition) is 8. The Hall–Kier alpha value is -1.03. The average Bonchev–Trinajstić information content (AvgIpc) is 2.93. The molecule has 8 nitrogen and oxygen atoms in total. The second-order valence-corrected chi connectivity index (χ2v) is 9.29. The van der Waals surface area contributed by atoms with Gasteiger partial charge in [0.15, 0.2) is 0 Å². The number of unbranched alkanes of at least 4 members (excludes halogenated alkanes) is 12. The number of carbonyl (C=O) groups is 1. The maximum Gasteiger partial charge on any atom is 0.330 e. The maximum absolute atomic E-state index is 10.8. The van der Waals surface area contributed by atoms with Gasteiger partial charge >= 0.3 is 5.97 Å². The van der Waals surface area contributed by atoms with Crippen molar-refractivity contribution in [1.29, 1.82) is 0 Å². The van der Waals surface area contributed by atoms with E-state index in [1.54, 1.807) is 0 Å². The van der Waals surface area contributed by atoms with E-state index in [1.165, 1.54) is 77.0 Å². The minimum absolute atomic E-state index is 0.215. The molecule has 0 atom stereocenters. The molecule has 0 radical (unpaired) electrons. The summed E-state index contributed by atoms with van der Waals surface area (Å²) >= 11 is 0. The van der Waals surface area contributed by atoms with Crippen LogP contribution in [0.1, 0.15) is 90.4 Å². The van der Waals surface area contributed by atoms with Crippen molar-refractivity contribution in [2.45, 2.75) is 90.4 Å². The van der Waals surface area contributed by atoms with Crippen molar-refractivity contribution in [3.63, 3.8) is 0 Å². The molecule has 0 saturated carbocycles. The van der Waals surface area contributed by atoms with E-state index >= 15 is 0 Å². The molecule has 8 heteroatoms. The van der Waals surface area contributed by atoms with Gasteiger partial charge in [0.2, 0.25) is 0 Å². The van der Waals surface area contributed by atoms with Gasteiger partial charge in [0.1, 0.15) is 6.61 Å². The third kappa shape index (κ3) is 33.0. The van der Waals surface area contributed by atoms with Gasteiger partial charge in [0.25, 0.3) is 0 Å². The molecule has 0 aromatic rings. The van der Waals surface area contributed by atoms with Crippen LogP contribution in [-0.2, 0) is 38.0 Å². The lowest BCUT2D eigenvalue weighted by Crippen LogP contribution is -2.15. The van der Waals surface area contributed by atoms with Gasteiger partial charge in [-0.25, -0.2) is 4.79 Å². The van der Waals surface area contributed by atoms with Crippen molar-refractivity contribution in [2.24, 2.45) is 0 Å². The quantitative estimate of drug-likeness (QED) is 0.0571. The smallest absolute Gasteiger partial charge is 0.330 e. The summed E-state index contributed by atoms with van der Waals surface area (Å²) in [6, 6.07) is 0. The zero-order chi connectivity index (χ0) is 27.6. The molecule has 0 spiro atoms. The molecule has 0 heterocycles. The van der Waals surface area contributed by atoms with E-state index in [1.807, 2.05) is 0 Å². The molecular formula is C30H58O8. The first-order valence-corrected chi connectivity index (χ1v) is 15.1. The van der Waals surface area contributed by atoms with Gasteiger partial charge in [-0.15, -0.1) is 0 Å². The summed E-state index contributed by atoms with van der Waals surface area (Å²) in [6.07, 6.45) is 18.9. The first-order valence-electron chi connectivity index (χ1n) is 15.1. The molecule has 0 aromatic heterocycles. The molecule has 226 valence electrons. The number of hydrogen-bond donors (Lipinski definition) is 0. The molecule has 0 bridgehead atoms. The van der Waals surface area contributed by atoms with Crippen LogP contribution in [0.2, 0.25) is 0 Å². The van der Waals surface area contributed by atoms with Crippen molar-refractivity contribution in [2.75, 3.05) is 85.9 Å². The molecule has 0 rings (SSSR count). The van der Waals surface area contributed by atoms with Crippen LogP contribution in [0.3, 0.4) is 0 Å². The Morgan fingerprint density at radius 3 is 1.08 bits per heavy atom. The van der Waals surface area contributed by atoms with Crippen molar-refractivity contribution < 1.29 is 38.0 Å². The van der Waals surface area contributed by atoms with E-state index in [4.69, 9.17) is 33.2 Å². The minimum atomic E-state index is -0.446. The summed E-state index contributed by atoms with van der Waals surface area (Å²) in [5, 5.41) is 0. The van der Waals surface area contributed by atoms with E-state index in [9.17, 15) is 4.79 Å². The summed E-state index contributed by atoms with van der Waals surface area (Å²) in [7, 11) is 0. The summed E-state index contributed by atoms with van der Waals surface area (Å²) in [4.78, 5) is 10.8. The highest BCUT2D eigenvalue weighted by atomic mass is 16.6. The van der Waals surface area contributed by atoms with Gasteiger partial charge in [-0.05, 0) is 6.42 Å². The fourth-order valence-corrected chi connectivity index (χ4v) is 3.68. The molecule has 38 heavy (non-hydrogen) atoms. The number of ether oxygens (including phenoxy) is 7. The van der Waals surface area contributed by atoms with E-state index < -0.39 is 5.97 Å². The van der Waals surface area contributed by atoms with Crippen LogP contribution in [0.15, 0.2) is 12.7 Å². The van der Waals surface area contributed by atoms with Crippen molar-refractivity contribution in [3.05, 3.63) is 12.7 Å². The second-order valence-electron chi connectivity index (χ2n) is 9.29. The fraction of sp³-hybridized carbons (Fsp3) is 0.900. The van der Waals surface area contributed by atoms with Crippen LogP contribution in [-0.4, -0.2) is 91.9 Å². The highest BCUT2D eigenvalue weighted by molar-refractivity contribution is 5.81. The highest BCUT2D eigenvalue weighted by Crippen LogP contribution is 2.12. The molecule has 0 aromatic carbocycles. The van der Waals surface area contributed by atoms with Crippen molar-refractivity contribution in [1.82, 2.24) is 0 Å². The zero-order valence-corrected chi connectivity index (χ0v) is 24.4. The normalized spacial score (nSPS) is 11.2. The summed E-state index contributed by atoms with van der Waals surface area (Å²) in [5.74, 6) is -0.446. The van der Waals surface area contributed by atoms with Gasteiger partial charge in [0.05, 0.1) is 72.7 Å². The average molecular weight is 547 g/mol. The van der Waals surface area contributed by atoms with Crippen LogP contribution in [0.25, 0.3) is 0 Å². The number of carbonyl (C=O) groups excluding carboxylic acids is 1. The Balaban J connectivity index is 3.04. The molecule has 0 saturated heterocycles. The number of rotatable bonds is 33. The molecule has 0 fully saturated rings. The van der Waals surface area contributed by atoms with E-state index in [-0.39, 0.29) is 6.61 Å². The summed E-state index contributed by atoms with van der Waals surface area (Å²) in [6.45, 7) is 12.3. The first kappa shape index (κ1) is 37.0. The zero-order valence-electron chi connectivity index (χ0n) is 24.4. The van der Waals surface area contributed by atoms with Crippen LogP contribution in [0.4, 0.5) is 0 Å². The molecule has 0 aliphatic heterocycles. The van der Waals surface area contributed by atoms with Gasteiger partial charge in [-0.2, -0.15) is 0 Å². The predicted octanol–water partition coefficient (Wildman–Crippen LogP) is 5.91. The van der Waals surface area contributed by atoms with E-state index in [2.05, 4.69) is 13.5 Å². The van der Waals surface area contributed by atoms with E-state index in [0.29, 0.717) is 72.7 Å². The summed E-state index contributed by atoms with van der Waals surface area (Å²) in [5.41, 5.74) is 0. The van der Waals surface area contributed by atoms with Gasteiger partial charge in [-0.3, -0.25) is 0 Å². The second kappa shape index (κ2) is 34.0. The largest absolute Gasteiger partial charge is 0.460 e. The van der Waals surface area contributed by atoms with Gasteiger partial charge in [-0.1, -0.05) is 90.6 Å². The SMILES string of the molecule is C=CC(=O)OCCOCCOCCOCCOCCOCCOCCCCCCCCCCCCCCC. The lowest BCUT2D eigenvalue weighted by atomic mass is 10.0. The van der Waals surface area contributed by atoms with Crippen LogP contribution < -0.4 is 0 Å². The van der Waals surface area contributed by atoms with Gasteiger partial charge in [0, 0.05) is 12.7 Å². The van der Waals surface area contributed by atoms with Gasteiger partial charge < -0.3 is 33.2 Å². The third-order valence-corrected chi connectivity index (χ3v) is 5.89. The summed E-state index contributed by atoms with van der Waals surface area (Å²) < 4.78 is 37.5. The standard InChI is InChI=1S/C30H58O8/c1-3-5-6-7-8-9-10-11-12-13-14-15-16-17-32-18-19-33-20-21-34-22-23-35-24-25-36-26-27-37-28-29-38-30(31)4-2/h4H,2-3,5-29H2,1H3.